The molecule has 0 aliphatic carbocycles. The number of nitrogens with zero attached hydrogens (tertiary/aromatic N) is 4. The van der Waals surface area contributed by atoms with E-state index in [1.54, 1.807) is 6.07 Å². The van der Waals surface area contributed by atoms with Crippen molar-refractivity contribution in [1.82, 2.24) is 0 Å². The zero-order valence-corrected chi connectivity index (χ0v) is 28.5. The van der Waals surface area contributed by atoms with Gasteiger partial charge in [0.1, 0.15) is 47.5 Å². The molecule has 0 heterocycles. The standard InChI is InChI=1S/C27H21N5O11S3.3Li/c1-43-22-12-17(30-29-16-5-7-18-14(9-16)3-2-4-23(18)44(34,35)36)6-8-21(22)31-32-26-25(46(40,41)42)11-15-10-24(45(37,38)39)20(28)13-19(15)27(26)33;;;/h2-13,33H,28H2,1H3,(H,34,35,36)(H,37,38,39)(H,40,41,42);;;/q;3*+1/p-3. The van der Waals surface area contributed by atoms with Crippen LogP contribution in [0.25, 0.3) is 21.5 Å². The van der Waals surface area contributed by atoms with Gasteiger partial charge in [0.05, 0.1) is 33.2 Å². The van der Waals surface area contributed by atoms with Crippen LogP contribution in [0.4, 0.5) is 28.4 Å². The van der Waals surface area contributed by atoms with Gasteiger partial charge in [-0.2, -0.15) is 10.2 Å². The molecule has 22 heteroatoms. The summed E-state index contributed by atoms with van der Waals surface area (Å²) in [5.74, 6) is -0.817. The molecule has 0 aliphatic heterocycles. The Bertz CT molecular complexity index is 2480. The fraction of sp³-hybridized carbons (Fsp3) is 0.0370. The van der Waals surface area contributed by atoms with Crippen molar-refractivity contribution in [2.45, 2.75) is 14.7 Å². The van der Waals surface area contributed by atoms with Gasteiger partial charge in [-0.25, -0.2) is 25.3 Å². The largest absolute Gasteiger partial charge is 1.00 e. The molecule has 5 aromatic rings. The number of anilines is 1. The minimum absolute atomic E-state index is 0. The van der Waals surface area contributed by atoms with Gasteiger partial charge in [0, 0.05) is 17.1 Å². The number of nitrogens with two attached hydrogens (primary N) is 1. The molecule has 0 unspecified atom stereocenters. The molecule has 49 heavy (non-hydrogen) atoms. The Kier molecular flexibility index (Phi) is 13.5. The number of ether oxygens (including phenoxy) is 1. The second-order valence-electron chi connectivity index (χ2n) is 9.46. The van der Waals surface area contributed by atoms with E-state index < -0.39 is 57.3 Å². The number of aromatic hydroxyl groups is 1. The fourth-order valence-corrected chi connectivity index (χ4v) is 6.41. The van der Waals surface area contributed by atoms with Gasteiger partial charge in [-0.15, -0.1) is 10.2 Å². The summed E-state index contributed by atoms with van der Waals surface area (Å²) in [4.78, 5) is -2.30. The van der Waals surface area contributed by atoms with Crippen molar-refractivity contribution in [3.63, 3.8) is 0 Å². The number of fused-ring (bicyclic) bond motifs is 2. The molecule has 0 bridgehead atoms. The van der Waals surface area contributed by atoms with Crippen molar-refractivity contribution in [3.8, 4) is 11.5 Å². The second kappa shape index (κ2) is 15.7. The van der Waals surface area contributed by atoms with E-state index in [1.165, 1.54) is 55.6 Å². The van der Waals surface area contributed by atoms with Crippen LogP contribution >= 0.6 is 0 Å². The number of nitrogen functional groups attached to an aromatic ring is 1. The van der Waals surface area contributed by atoms with E-state index in [2.05, 4.69) is 20.5 Å². The number of phenols is 1. The van der Waals surface area contributed by atoms with Crippen LogP contribution in [0, 0.1) is 0 Å². The molecule has 0 aliphatic rings. The number of methoxy groups -OCH3 is 1. The predicted octanol–water partition coefficient (Wildman–Crippen LogP) is -4.16. The van der Waals surface area contributed by atoms with Crippen LogP contribution < -0.4 is 67.1 Å². The Morgan fingerprint density at radius 2 is 1.20 bits per heavy atom. The quantitative estimate of drug-likeness (QED) is 0.0674. The molecular formula is C27H18Li3N5O11S3. The Morgan fingerprint density at radius 3 is 1.80 bits per heavy atom. The van der Waals surface area contributed by atoms with E-state index in [-0.39, 0.29) is 94.8 Å². The van der Waals surface area contributed by atoms with Crippen LogP contribution in [-0.4, -0.2) is 51.1 Å². The van der Waals surface area contributed by atoms with Crippen molar-refractivity contribution >= 4 is 80.3 Å². The number of hydrogen-bond acceptors (Lipinski definition) is 16. The Hall–Kier alpha value is -3.26. The van der Waals surface area contributed by atoms with Gasteiger partial charge in [0.2, 0.25) is 0 Å². The van der Waals surface area contributed by atoms with E-state index in [0.717, 1.165) is 18.2 Å². The zero-order chi connectivity index (χ0) is 33.6. The topological polar surface area (TPSA) is 277 Å². The summed E-state index contributed by atoms with van der Waals surface area (Å²) in [5.41, 5.74) is 4.91. The van der Waals surface area contributed by atoms with E-state index in [9.17, 15) is 44.0 Å². The smallest absolute Gasteiger partial charge is 0.744 e. The van der Waals surface area contributed by atoms with Crippen LogP contribution in [-0.2, 0) is 30.4 Å². The van der Waals surface area contributed by atoms with Crippen molar-refractivity contribution in [3.05, 3.63) is 72.8 Å². The average molecular weight is 705 g/mol. The first-order valence-electron chi connectivity index (χ1n) is 12.5. The summed E-state index contributed by atoms with van der Waals surface area (Å²) in [7, 11) is -13.8. The van der Waals surface area contributed by atoms with Crippen molar-refractivity contribution in [1.29, 1.82) is 0 Å². The van der Waals surface area contributed by atoms with Crippen LogP contribution in [0.3, 0.4) is 0 Å². The third-order valence-corrected chi connectivity index (χ3v) is 9.15. The van der Waals surface area contributed by atoms with E-state index >= 15 is 0 Å². The van der Waals surface area contributed by atoms with Crippen molar-refractivity contribution in [2.75, 3.05) is 12.8 Å². The first-order valence-corrected chi connectivity index (χ1v) is 16.7. The van der Waals surface area contributed by atoms with Crippen molar-refractivity contribution < 1.29 is 105 Å². The molecule has 0 saturated carbocycles. The Morgan fingerprint density at radius 1 is 0.633 bits per heavy atom. The maximum Gasteiger partial charge on any atom is 1.00 e. The molecule has 16 nitrogen and oxygen atoms in total. The third-order valence-electron chi connectivity index (χ3n) is 6.52. The number of azo groups is 2. The monoisotopic (exact) mass is 705 g/mol. The maximum atomic E-state index is 12.0. The minimum Gasteiger partial charge on any atom is -0.744 e. The average Bonchev–Trinajstić information content (AvgIpc) is 2.97. The maximum absolute atomic E-state index is 12.0. The molecule has 5 aromatic carbocycles. The van der Waals surface area contributed by atoms with E-state index in [1.807, 2.05) is 0 Å². The van der Waals surface area contributed by atoms with Gasteiger partial charge >= 0.3 is 56.6 Å². The summed E-state index contributed by atoms with van der Waals surface area (Å²) in [6, 6.07) is 15.2. The third kappa shape index (κ3) is 9.11. The molecule has 0 aromatic heterocycles. The number of phenolic OH excluding ortho intramolecular Hbond substituents is 1. The number of hydrogen-bond donors (Lipinski definition) is 2. The molecule has 0 fully saturated rings. The fourth-order valence-electron chi connectivity index (χ4n) is 4.45. The summed E-state index contributed by atoms with van der Waals surface area (Å²) in [5, 5.41) is 26.9. The Labute approximate surface area is 315 Å². The van der Waals surface area contributed by atoms with Crippen molar-refractivity contribution in [2.24, 2.45) is 20.5 Å². The van der Waals surface area contributed by atoms with Gasteiger partial charge in [0.15, 0.2) is 5.75 Å². The molecule has 0 spiro atoms. The van der Waals surface area contributed by atoms with Crippen LogP contribution in [0.5, 0.6) is 11.5 Å². The molecule has 0 amide bonds. The summed E-state index contributed by atoms with van der Waals surface area (Å²) in [6.07, 6.45) is 0. The first kappa shape index (κ1) is 41.9. The molecular weight excluding hydrogens is 687 g/mol. The number of rotatable bonds is 8. The van der Waals surface area contributed by atoms with Gasteiger partial charge in [-0.1, -0.05) is 18.2 Å². The summed E-state index contributed by atoms with van der Waals surface area (Å²) >= 11 is 0. The second-order valence-corrected chi connectivity index (χ2v) is 13.5. The van der Waals surface area contributed by atoms with Gasteiger partial charge in [-0.3, -0.25) is 0 Å². The summed E-state index contributed by atoms with van der Waals surface area (Å²) in [6.45, 7) is 0. The molecule has 0 atom stereocenters. The number of benzene rings is 5. The van der Waals surface area contributed by atoms with Crippen LogP contribution in [0.15, 0.2) is 108 Å². The molecule has 3 N–H and O–H groups in total. The first-order chi connectivity index (χ1) is 21.5. The van der Waals surface area contributed by atoms with E-state index in [0.29, 0.717) is 11.1 Å². The Balaban J connectivity index is 0.00000278. The van der Waals surface area contributed by atoms with Crippen LogP contribution in [0.1, 0.15) is 0 Å². The van der Waals surface area contributed by atoms with Gasteiger partial charge < -0.3 is 29.2 Å². The van der Waals surface area contributed by atoms with Gasteiger partial charge in [-0.05, 0) is 64.7 Å². The van der Waals surface area contributed by atoms with Gasteiger partial charge in [0.25, 0.3) is 0 Å². The molecule has 238 valence electrons. The molecule has 0 radical (unpaired) electrons. The molecule has 0 saturated heterocycles. The normalized spacial score (nSPS) is 12.1. The summed E-state index contributed by atoms with van der Waals surface area (Å²) < 4.78 is 111. The minimum atomic E-state index is -5.32. The SMILES string of the molecule is COc1cc(N=Nc2ccc3c(S(=O)(=O)[O-])cccc3c2)ccc1N=Nc1c(S(=O)(=O)[O-])cc2cc(S(=O)(=O)[O-])c(N)cc2c1O.[Li+].[Li+].[Li+]. The van der Waals surface area contributed by atoms with E-state index in [4.69, 9.17) is 10.5 Å². The zero-order valence-electron chi connectivity index (χ0n) is 26.0. The molecule has 5 rings (SSSR count). The van der Waals surface area contributed by atoms with Crippen LogP contribution in [0.2, 0.25) is 0 Å². The predicted molar refractivity (Wildman–Crippen MR) is 159 cm³/mol.